The van der Waals surface area contributed by atoms with Gasteiger partial charge in [0.25, 0.3) is 10.0 Å². The van der Waals surface area contributed by atoms with E-state index < -0.39 is 10.0 Å². The molecule has 0 bridgehead atoms. The van der Waals surface area contributed by atoms with Crippen molar-refractivity contribution in [2.24, 2.45) is 0 Å². The zero-order valence-electron chi connectivity index (χ0n) is 9.30. The number of para-hydroxylation sites is 2. The van der Waals surface area contributed by atoms with Crippen LogP contribution in [0.15, 0.2) is 53.4 Å². The van der Waals surface area contributed by atoms with Crippen LogP contribution in [0.5, 0.6) is 0 Å². The Morgan fingerprint density at radius 1 is 1.00 bits per heavy atom. The molecule has 2 aromatic carbocycles. The third-order valence-corrected chi connectivity index (χ3v) is 4.43. The molecule has 6 heteroatoms. The van der Waals surface area contributed by atoms with Crippen molar-refractivity contribution in [3.05, 3.63) is 52.1 Å². The lowest BCUT2D eigenvalue weighted by molar-refractivity contribution is 0.601. The second kappa shape index (κ2) is 5.15. The van der Waals surface area contributed by atoms with E-state index >= 15 is 0 Å². The largest absolute Gasteiger partial charge is 0.397 e. The minimum atomic E-state index is -3.59. The van der Waals surface area contributed by atoms with Gasteiger partial charge in [-0.1, -0.05) is 12.1 Å². The van der Waals surface area contributed by atoms with E-state index in [2.05, 4.69) is 27.3 Å². The number of nitrogen functional groups attached to an aromatic ring is 1. The van der Waals surface area contributed by atoms with Crippen LogP contribution in [-0.2, 0) is 10.0 Å². The average Bonchev–Trinajstić information content (AvgIpc) is 2.32. The van der Waals surface area contributed by atoms with Gasteiger partial charge in [-0.05, 0) is 59.0 Å². The fourth-order valence-corrected chi connectivity index (χ4v) is 2.85. The third kappa shape index (κ3) is 2.94. The Morgan fingerprint density at radius 2 is 1.61 bits per heavy atom. The van der Waals surface area contributed by atoms with Crippen molar-refractivity contribution < 1.29 is 8.42 Å². The summed E-state index contributed by atoms with van der Waals surface area (Å²) in [6.45, 7) is 0. The van der Waals surface area contributed by atoms with Gasteiger partial charge >= 0.3 is 0 Å². The molecule has 0 aromatic heterocycles. The topological polar surface area (TPSA) is 72.2 Å². The molecular formula is C12H11IN2O2S. The maximum absolute atomic E-state index is 12.1. The number of anilines is 2. The molecule has 0 aliphatic carbocycles. The molecule has 0 aliphatic heterocycles. The predicted octanol–water partition coefficient (Wildman–Crippen LogP) is 2.67. The molecule has 94 valence electrons. The van der Waals surface area contributed by atoms with Crippen LogP contribution >= 0.6 is 22.6 Å². The van der Waals surface area contributed by atoms with Gasteiger partial charge < -0.3 is 5.73 Å². The number of hydrogen-bond donors (Lipinski definition) is 2. The molecule has 0 amide bonds. The lowest BCUT2D eigenvalue weighted by Crippen LogP contribution is -2.14. The highest BCUT2D eigenvalue weighted by Crippen LogP contribution is 2.21. The van der Waals surface area contributed by atoms with Gasteiger partial charge in [0.2, 0.25) is 0 Å². The van der Waals surface area contributed by atoms with Crippen molar-refractivity contribution in [2.45, 2.75) is 4.90 Å². The normalized spacial score (nSPS) is 11.2. The first-order chi connectivity index (χ1) is 8.49. The molecule has 0 saturated carbocycles. The molecule has 0 atom stereocenters. The van der Waals surface area contributed by atoms with E-state index in [0.717, 1.165) is 3.57 Å². The molecule has 0 heterocycles. The second-order valence-corrected chi connectivity index (χ2v) is 6.57. The van der Waals surface area contributed by atoms with E-state index in [1.807, 2.05) is 0 Å². The van der Waals surface area contributed by atoms with Gasteiger partial charge in [-0.15, -0.1) is 0 Å². The maximum atomic E-state index is 12.1. The van der Waals surface area contributed by atoms with Crippen LogP contribution < -0.4 is 10.5 Å². The van der Waals surface area contributed by atoms with Crippen LogP contribution in [-0.4, -0.2) is 8.42 Å². The van der Waals surface area contributed by atoms with E-state index in [1.165, 1.54) is 0 Å². The summed E-state index contributed by atoms with van der Waals surface area (Å²) in [6, 6.07) is 13.3. The molecule has 0 unspecified atom stereocenters. The van der Waals surface area contributed by atoms with E-state index in [-0.39, 0.29) is 4.90 Å². The number of hydrogen-bond acceptors (Lipinski definition) is 3. The Hall–Kier alpha value is -1.28. The molecule has 2 rings (SSSR count). The maximum Gasteiger partial charge on any atom is 0.261 e. The highest BCUT2D eigenvalue weighted by Gasteiger charge is 2.14. The van der Waals surface area contributed by atoms with E-state index in [0.29, 0.717) is 11.4 Å². The van der Waals surface area contributed by atoms with Crippen molar-refractivity contribution in [1.29, 1.82) is 0 Å². The Labute approximate surface area is 119 Å². The van der Waals surface area contributed by atoms with Crippen LogP contribution in [0.2, 0.25) is 0 Å². The number of sulfonamides is 1. The van der Waals surface area contributed by atoms with Crippen LogP contribution in [0.3, 0.4) is 0 Å². The number of nitrogens with two attached hydrogens (primary N) is 1. The molecule has 0 saturated heterocycles. The third-order valence-electron chi connectivity index (χ3n) is 2.33. The standard InChI is InChI=1S/C12H11IN2O2S/c13-9-5-7-10(8-6-9)18(16,17)15-12-4-2-1-3-11(12)14/h1-8,15H,14H2. The number of nitrogens with one attached hydrogen (secondary N) is 1. The highest BCUT2D eigenvalue weighted by molar-refractivity contribution is 14.1. The van der Waals surface area contributed by atoms with Gasteiger partial charge in [-0.2, -0.15) is 0 Å². The van der Waals surface area contributed by atoms with Crippen LogP contribution in [0, 0.1) is 3.57 Å². The molecule has 2 aromatic rings. The summed E-state index contributed by atoms with van der Waals surface area (Å²) in [5, 5.41) is 0. The first-order valence-electron chi connectivity index (χ1n) is 5.12. The smallest absolute Gasteiger partial charge is 0.261 e. The average molecular weight is 374 g/mol. The molecule has 0 radical (unpaired) electrons. The van der Waals surface area contributed by atoms with Gasteiger partial charge in [0.05, 0.1) is 16.3 Å². The molecule has 18 heavy (non-hydrogen) atoms. The fraction of sp³-hybridized carbons (Fsp3) is 0. The predicted molar refractivity (Wildman–Crippen MR) is 80.8 cm³/mol. The Kier molecular flexibility index (Phi) is 3.76. The van der Waals surface area contributed by atoms with Crippen molar-refractivity contribution in [1.82, 2.24) is 0 Å². The molecular weight excluding hydrogens is 363 g/mol. The van der Waals surface area contributed by atoms with Crippen LogP contribution in [0.4, 0.5) is 11.4 Å². The number of rotatable bonds is 3. The minimum Gasteiger partial charge on any atom is -0.397 e. The van der Waals surface area contributed by atoms with Gasteiger partial charge in [0, 0.05) is 3.57 Å². The van der Waals surface area contributed by atoms with Crippen LogP contribution in [0.25, 0.3) is 0 Å². The van der Waals surface area contributed by atoms with Gasteiger partial charge in [0.1, 0.15) is 0 Å². The zero-order valence-corrected chi connectivity index (χ0v) is 12.3. The monoisotopic (exact) mass is 374 g/mol. The summed E-state index contributed by atoms with van der Waals surface area (Å²) in [5.41, 5.74) is 6.48. The fourth-order valence-electron chi connectivity index (χ4n) is 1.41. The van der Waals surface area contributed by atoms with E-state index in [4.69, 9.17) is 5.73 Å². The molecule has 0 aliphatic rings. The number of halogens is 1. The summed E-state index contributed by atoms with van der Waals surface area (Å²) < 4.78 is 27.6. The Bertz CT molecular complexity index is 654. The summed E-state index contributed by atoms with van der Waals surface area (Å²) in [6.07, 6.45) is 0. The summed E-state index contributed by atoms with van der Waals surface area (Å²) >= 11 is 2.12. The summed E-state index contributed by atoms with van der Waals surface area (Å²) in [5.74, 6) is 0. The first-order valence-corrected chi connectivity index (χ1v) is 7.68. The number of benzene rings is 2. The molecule has 0 fully saturated rings. The lowest BCUT2D eigenvalue weighted by atomic mass is 10.3. The second-order valence-electron chi connectivity index (χ2n) is 3.65. The van der Waals surface area contributed by atoms with E-state index in [9.17, 15) is 8.42 Å². The summed E-state index contributed by atoms with van der Waals surface area (Å²) in [4.78, 5) is 0.214. The quantitative estimate of drug-likeness (QED) is 0.641. The van der Waals surface area contributed by atoms with Gasteiger partial charge in [-0.25, -0.2) is 8.42 Å². The Morgan fingerprint density at radius 3 is 2.22 bits per heavy atom. The zero-order chi connectivity index (χ0) is 13.2. The van der Waals surface area contributed by atoms with Gasteiger partial charge in [0.15, 0.2) is 0 Å². The van der Waals surface area contributed by atoms with E-state index in [1.54, 1.807) is 48.5 Å². The van der Waals surface area contributed by atoms with Crippen molar-refractivity contribution >= 4 is 44.0 Å². The Balaban J connectivity index is 2.33. The molecule has 4 nitrogen and oxygen atoms in total. The lowest BCUT2D eigenvalue weighted by Gasteiger charge is -2.10. The molecule has 0 spiro atoms. The SMILES string of the molecule is Nc1ccccc1NS(=O)(=O)c1ccc(I)cc1. The van der Waals surface area contributed by atoms with Crippen molar-refractivity contribution in [3.8, 4) is 0 Å². The molecule has 3 N–H and O–H groups in total. The van der Waals surface area contributed by atoms with Gasteiger partial charge in [-0.3, -0.25) is 4.72 Å². The highest BCUT2D eigenvalue weighted by atomic mass is 127. The van der Waals surface area contributed by atoms with Crippen molar-refractivity contribution in [2.75, 3.05) is 10.5 Å². The summed E-state index contributed by atoms with van der Waals surface area (Å²) in [7, 11) is -3.59. The van der Waals surface area contributed by atoms with Crippen molar-refractivity contribution in [3.63, 3.8) is 0 Å². The van der Waals surface area contributed by atoms with Crippen LogP contribution in [0.1, 0.15) is 0 Å². The first kappa shape index (κ1) is 13.2. The minimum absolute atomic E-state index is 0.214.